The van der Waals surface area contributed by atoms with E-state index < -0.39 is 0 Å². The maximum atomic E-state index is 5.09. The molecule has 1 fully saturated rings. The summed E-state index contributed by atoms with van der Waals surface area (Å²) in [7, 11) is 1.77. The molecule has 0 radical (unpaired) electrons. The summed E-state index contributed by atoms with van der Waals surface area (Å²) in [4.78, 5) is 4.04. The maximum Gasteiger partial charge on any atom is 0.0589 e. The molecule has 1 aromatic rings. The molecule has 78 valence electrons. The Morgan fingerprint density at radius 2 is 2.57 bits per heavy atom. The molecular weight excluding hydrogens is 194 g/mol. The van der Waals surface area contributed by atoms with Crippen molar-refractivity contribution in [2.75, 3.05) is 33.4 Å². The largest absolute Gasteiger partial charge is 0.383 e. The normalized spacial score (nSPS) is 23.1. The van der Waals surface area contributed by atoms with Gasteiger partial charge < -0.3 is 9.64 Å². The molecule has 2 heterocycles. The van der Waals surface area contributed by atoms with Gasteiger partial charge in [-0.05, 0) is 24.4 Å². The number of rotatable bonds is 4. The molecule has 0 bridgehead atoms. The Labute approximate surface area is 89.5 Å². The summed E-state index contributed by atoms with van der Waals surface area (Å²) in [6.45, 7) is 4.38. The van der Waals surface area contributed by atoms with Gasteiger partial charge in [-0.25, -0.2) is 0 Å². The number of nitrogens with zero attached hydrogens (tertiary/aromatic N) is 1. The fourth-order valence-electron chi connectivity index (χ4n) is 2.01. The molecular formula is C11H17NOS. The highest BCUT2D eigenvalue weighted by atomic mass is 32.1. The van der Waals surface area contributed by atoms with Crippen molar-refractivity contribution in [2.24, 2.45) is 0 Å². The van der Waals surface area contributed by atoms with E-state index >= 15 is 0 Å². The van der Waals surface area contributed by atoms with Crippen LogP contribution >= 0.6 is 11.3 Å². The summed E-state index contributed by atoms with van der Waals surface area (Å²) in [5, 5.41) is 2.17. The number of hydrogen-bond acceptors (Lipinski definition) is 3. The summed E-state index contributed by atoms with van der Waals surface area (Å²) in [5.41, 5.74) is 0. The van der Waals surface area contributed by atoms with Crippen LogP contribution in [0.4, 0.5) is 0 Å². The standard InChI is InChI=1S/C11H17NOS/c1-13-7-6-12-5-4-10(9-12)11-3-2-8-14-11/h2-3,8,10H,4-7,9H2,1H3. The van der Waals surface area contributed by atoms with E-state index in [0.717, 1.165) is 19.1 Å². The van der Waals surface area contributed by atoms with Crippen LogP contribution in [-0.2, 0) is 4.74 Å². The van der Waals surface area contributed by atoms with Crippen LogP contribution in [0.25, 0.3) is 0 Å². The second kappa shape index (κ2) is 4.91. The fraction of sp³-hybridized carbons (Fsp3) is 0.636. The van der Waals surface area contributed by atoms with Gasteiger partial charge in [-0.3, -0.25) is 0 Å². The molecule has 2 rings (SSSR count). The molecule has 0 amide bonds. The molecule has 1 saturated heterocycles. The Morgan fingerprint density at radius 1 is 1.64 bits per heavy atom. The van der Waals surface area contributed by atoms with Crippen LogP contribution in [0.3, 0.4) is 0 Å². The predicted molar refractivity (Wildman–Crippen MR) is 60.0 cm³/mol. The van der Waals surface area contributed by atoms with Crippen molar-refractivity contribution < 1.29 is 4.74 Å². The molecule has 2 nitrogen and oxygen atoms in total. The Morgan fingerprint density at radius 3 is 3.29 bits per heavy atom. The Balaban J connectivity index is 1.83. The van der Waals surface area contributed by atoms with E-state index in [1.165, 1.54) is 19.5 Å². The van der Waals surface area contributed by atoms with Gasteiger partial charge in [0, 0.05) is 31.0 Å². The molecule has 0 spiro atoms. The maximum absolute atomic E-state index is 5.09. The van der Waals surface area contributed by atoms with Crippen molar-refractivity contribution in [3.63, 3.8) is 0 Å². The molecule has 0 aliphatic carbocycles. The first kappa shape index (κ1) is 10.1. The van der Waals surface area contributed by atoms with E-state index in [4.69, 9.17) is 4.74 Å². The van der Waals surface area contributed by atoms with Crippen molar-refractivity contribution in [3.8, 4) is 0 Å². The molecule has 0 saturated carbocycles. The Hall–Kier alpha value is -0.380. The minimum Gasteiger partial charge on any atom is -0.383 e. The van der Waals surface area contributed by atoms with Crippen LogP contribution in [0, 0.1) is 0 Å². The quantitative estimate of drug-likeness (QED) is 0.757. The average molecular weight is 211 g/mol. The van der Waals surface area contributed by atoms with Crippen LogP contribution < -0.4 is 0 Å². The SMILES string of the molecule is COCCN1CCC(c2cccs2)C1. The second-order valence-corrected chi connectivity index (χ2v) is 4.77. The zero-order valence-corrected chi connectivity index (χ0v) is 9.43. The van der Waals surface area contributed by atoms with Crippen LogP contribution in [0.2, 0.25) is 0 Å². The van der Waals surface area contributed by atoms with Gasteiger partial charge in [-0.15, -0.1) is 11.3 Å². The zero-order chi connectivity index (χ0) is 9.80. The minimum absolute atomic E-state index is 0.770. The van der Waals surface area contributed by atoms with Crippen LogP contribution in [-0.4, -0.2) is 38.3 Å². The third-order valence-corrected chi connectivity index (χ3v) is 3.86. The van der Waals surface area contributed by atoms with E-state index in [9.17, 15) is 0 Å². The summed E-state index contributed by atoms with van der Waals surface area (Å²) < 4.78 is 5.09. The lowest BCUT2D eigenvalue weighted by atomic mass is 10.1. The molecule has 1 atom stereocenters. The highest BCUT2D eigenvalue weighted by Gasteiger charge is 2.23. The Kier molecular flexibility index (Phi) is 3.56. The molecule has 1 aromatic heterocycles. The molecule has 14 heavy (non-hydrogen) atoms. The third-order valence-electron chi connectivity index (χ3n) is 2.83. The molecule has 1 aliphatic rings. The van der Waals surface area contributed by atoms with E-state index in [1.54, 1.807) is 12.0 Å². The first-order chi connectivity index (χ1) is 6.90. The minimum atomic E-state index is 0.770. The van der Waals surface area contributed by atoms with Gasteiger partial charge in [0.15, 0.2) is 0 Å². The van der Waals surface area contributed by atoms with Gasteiger partial charge in [0.05, 0.1) is 6.61 Å². The molecule has 0 aromatic carbocycles. The Bertz CT molecular complexity index is 260. The lowest BCUT2D eigenvalue weighted by Crippen LogP contribution is -2.24. The van der Waals surface area contributed by atoms with E-state index in [2.05, 4.69) is 22.4 Å². The van der Waals surface area contributed by atoms with Crippen molar-refractivity contribution in [1.29, 1.82) is 0 Å². The van der Waals surface area contributed by atoms with Crippen molar-refractivity contribution in [1.82, 2.24) is 4.90 Å². The van der Waals surface area contributed by atoms with Crippen molar-refractivity contribution >= 4 is 11.3 Å². The smallest absolute Gasteiger partial charge is 0.0589 e. The van der Waals surface area contributed by atoms with Crippen LogP contribution in [0.5, 0.6) is 0 Å². The lowest BCUT2D eigenvalue weighted by molar-refractivity contribution is 0.160. The van der Waals surface area contributed by atoms with E-state index in [0.29, 0.717) is 0 Å². The number of thiophene rings is 1. The molecule has 3 heteroatoms. The zero-order valence-electron chi connectivity index (χ0n) is 8.61. The monoisotopic (exact) mass is 211 g/mol. The average Bonchev–Trinajstić information content (AvgIpc) is 2.85. The lowest BCUT2D eigenvalue weighted by Gasteiger charge is -2.14. The molecule has 0 N–H and O–H groups in total. The molecule has 1 aliphatic heterocycles. The fourth-order valence-corrected chi connectivity index (χ4v) is 2.87. The van der Waals surface area contributed by atoms with Gasteiger partial charge in [-0.1, -0.05) is 6.07 Å². The topological polar surface area (TPSA) is 12.5 Å². The van der Waals surface area contributed by atoms with Gasteiger partial charge >= 0.3 is 0 Å². The highest BCUT2D eigenvalue weighted by molar-refractivity contribution is 7.10. The number of hydrogen-bond donors (Lipinski definition) is 0. The summed E-state index contributed by atoms with van der Waals surface area (Å²) in [6.07, 6.45) is 1.31. The highest BCUT2D eigenvalue weighted by Crippen LogP contribution is 2.29. The van der Waals surface area contributed by atoms with Gasteiger partial charge in [0.2, 0.25) is 0 Å². The van der Waals surface area contributed by atoms with Gasteiger partial charge in [0.25, 0.3) is 0 Å². The first-order valence-electron chi connectivity index (χ1n) is 5.15. The summed E-state index contributed by atoms with van der Waals surface area (Å²) in [5.74, 6) is 0.770. The van der Waals surface area contributed by atoms with Crippen molar-refractivity contribution in [2.45, 2.75) is 12.3 Å². The molecule has 1 unspecified atom stereocenters. The second-order valence-electron chi connectivity index (χ2n) is 3.79. The summed E-state index contributed by atoms with van der Waals surface area (Å²) >= 11 is 1.89. The third kappa shape index (κ3) is 2.35. The van der Waals surface area contributed by atoms with E-state index in [-0.39, 0.29) is 0 Å². The number of likely N-dealkylation sites (tertiary alicyclic amines) is 1. The number of ether oxygens (including phenoxy) is 1. The van der Waals surface area contributed by atoms with Crippen LogP contribution in [0.15, 0.2) is 17.5 Å². The number of methoxy groups -OCH3 is 1. The van der Waals surface area contributed by atoms with Gasteiger partial charge in [0.1, 0.15) is 0 Å². The predicted octanol–water partition coefficient (Wildman–Crippen LogP) is 2.18. The van der Waals surface area contributed by atoms with Crippen LogP contribution in [0.1, 0.15) is 17.2 Å². The van der Waals surface area contributed by atoms with Crippen molar-refractivity contribution in [3.05, 3.63) is 22.4 Å². The van der Waals surface area contributed by atoms with Gasteiger partial charge in [-0.2, -0.15) is 0 Å². The first-order valence-corrected chi connectivity index (χ1v) is 6.03. The van der Waals surface area contributed by atoms with E-state index in [1.807, 2.05) is 11.3 Å². The summed E-state index contributed by atoms with van der Waals surface area (Å²) in [6, 6.07) is 4.41.